The molecular formula is C14H16ClN3O. The molecule has 0 saturated heterocycles. The Morgan fingerprint density at radius 2 is 2.42 bits per heavy atom. The molecule has 0 aliphatic carbocycles. The zero-order chi connectivity index (χ0) is 13.8. The predicted molar refractivity (Wildman–Crippen MR) is 78.3 cm³/mol. The van der Waals surface area contributed by atoms with Crippen LogP contribution in [0.1, 0.15) is 12.0 Å². The number of anilines is 1. The van der Waals surface area contributed by atoms with Crippen molar-refractivity contribution in [2.45, 2.75) is 6.42 Å². The SMILES string of the molecule is C=Cc1cnc(N2CC=C(C(=O)NC)CC2)c(Cl)c1. The minimum absolute atomic E-state index is 0.0132. The van der Waals surface area contributed by atoms with E-state index in [1.807, 2.05) is 12.1 Å². The van der Waals surface area contributed by atoms with Gasteiger partial charge in [0.05, 0.1) is 5.02 Å². The van der Waals surface area contributed by atoms with Crippen LogP contribution in [0.25, 0.3) is 6.08 Å². The number of likely N-dealkylation sites (N-methyl/N-ethyl adjacent to an activating group) is 1. The van der Waals surface area contributed by atoms with E-state index in [1.165, 1.54) is 0 Å². The fourth-order valence-electron chi connectivity index (χ4n) is 2.02. The molecule has 1 N–H and O–H groups in total. The molecule has 100 valence electrons. The highest BCUT2D eigenvalue weighted by molar-refractivity contribution is 6.33. The van der Waals surface area contributed by atoms with Crippen molar-refractivity contribution in [3.63, 3.8) is 0 Å². The van der Waals surface area contributed by atoms with E-state index in [0.717, 1.165) is 23.5 Å². The first-order valence-corrected chi connectivity index (χ1v) is 6.47. The van der Waals surface area contributed by atoms with E-state index in [0.29, 0.717) is 18.0 Å². The average Bonchev–Trinajstić information content (AvgIpc) is 2.46. The number of carbonyl (C=O) groups excluding carboxylic acids is 1. The maximum atomic E-state index is 11.5. The average molecular weight is 278 g/mol. The second-order valence-corrected chi connectivity index (χ2v) is 4.69. The van der Waals surface area contributed by atoms with Crippen molar-refractivity contribution < 1.29 is 4.79 Å². The number of halogens is 1. The van der Waals surface area contributed by atoms with Crippen molar-refractivity contribution in [1.82, 2.24) is 10.3 Å². The number of nitrogens with zero attached hydrogens (tertiary/aromatic N) is 2. The van der Waals surface area contributed by atoms with E-state index < -0.39 is 0 Å². The number of aromatic nitrogens is 1. The van der Waals surface area contributed by atoms with Crippen LogP contribution in [0.3, 0.4) is 0 Å². The van der Waals surface area contributed by atoms with E-state index in [2.05, 4.69) is 21.8 Å². The predicted octanol–water partition coefficient (Wildman–Crippen LogP) is 2.26. The lowest BCUT2D eigenvalue weighted by Crippen LogP contribution is -2.33. The second kappa shape index (κ2) is 5.89. The molecule has 0 spiro atoms. The van der Waals surface area contributed by atoms with Crippen molar-refractivity contribution in [3.05, 3.63) is 41.1 Å². The Balaban J connectivity index is 2.15. The number of hydrogen-bond acceptors (Lipinski definition) is 3. The highest BCUT2D eigenvalue weighted by atomic mass is 35.5. The smallest absolute Gasteiger partial charge is 0.246 e. The number of pyridine rings is 1. The quantitative estimate of drug-likeness (QED) is 0.922. The van der Waals surface area contributed by atoms with Gasteiger partial charge < -0.3 is 10.2 Å². The molecule has 0 fully saturated rings. The maximum Gasteiger partial charge on any atom is 0.246 e. The molecule has 0 aromatic carbocycles. The fourth-order valence-corrected chi connectivity index (χ4v) is 2.31. The molecule has 0 unspecified atom stereocenters. The maximum absolute atomic E-state index is 11.5. The highest BCUT2D eigenvalue weighted by Crippen LogP contribution is 2.26. The Bertz CT molecular complexity index is 539. The summed E-state index contributed by atoms with van der Waals surface area (Å²) in [4.78, 5) is 17.9. The van der Waals surface area contributed by atoms with Crippen LogP contribution in [-0.4, -0.2) is 31.0 Å². The van der Waals surface area contributed by atoms with Gasteiger partial charge in [0.1, 0.15) is 5.82 Å². The van der Waals surface area contributed by atoms with Crippen molar-refractivity contribution in [2.75, 3.05) is 25.0 Å². The summed E-state index contributed by atoms with van der Waals surface area (Å²) in [5.74, 6) is 0.736. The van der Waals surface area contributed by atoms with Crippen molar-refractivity contribution in [2.24, 2.45) is 0 Å². The Morgan fingerprint density at radius 1 is 1.63 bits per heavy atom. The van der Waals surface area contributed by atoms with E-state index in [-0.39, 0.29) is 5.91 Å². The molecule has 1 aromatic rings. The van der Waals surface area contributed by atoms with Gasteiger partial charge in [0, 0.05) is 31.9 Å². The van der Waals surface area contributed by atoms with Crippen LogP contribution in [0.5, 0.6) is 0 Å². The van der Waals surface area contributed by atoms with Crippen molar-refractivity contribution >= 4 is 29.4 Å². The van der Waals surface area contributed by atoms with Gasteiger partial charge in [-0.25, -0.2) is 4.98 Å². The summed E-state index contributed by atoms with van der Waals surface area (Å²) in [6.07, 6.45) is 6.07. The summed E-state index contributed by atoms with van der Waals surface area (Å²) in [6.45, 7) is 5.06. The van der Waals surface area contributed by atoms with Crippen LogP contribution in [0, 0.1) is 0 Å². The largest absolute Gasteiger partial charge is 0.355 e. The zero-order valence-electron chi connectivity index (χ0n) is 10.8. The lowest BCUT2D eigenvalue weighted by Gasteiger charge is -2.27. The molecular weight excluding hydrogens is 262 g/mol. The summed E-state index contributed by atoms with van der Waals surface area (Å²) in [5.41, 5.74) is 1.71. The minimum atomic E-state index is -0.0132. The van der Waals surface area contributed by atoms with Gasteiger partial charge >= 0.3 is 0 Å². The molecule has 0 radical (unpaired) electrons. The third-order valence-corrected chi connectivity index (χ3v) is 3.38. The van der Waals surface area contributed by atoms with E-state index in [1.54, 1.807) is 19.3 Å². The fraction of sp³-hybridized carbons (Fsp3) is 0.286. The van der Waals surface area contributed by atoms with Gasteiger partial charge in [-0.1, -0.05) is 30.3 Å². The number of amides is 1. The molecule has 1 aliphatic heterocycles. The first-order valence-electron chi connectivity index (χ1n) is 6.09. The zero-order valence-corrected chi connectivity index (χ0v) is 11.6. The van der Waals surface area contributed by atoms with Crippen LogP contribution in [0.15, 0.2) is 30.5 Å². The molecule has 0 saturated carbocycles. The number of carbonyl (C=O) groups is 1. The normalized spacial score (nSPS) is 14.8. The second-order valence-electron chi connectivity index (χ2n) is 4.28. The third-order valence-electron chi connectivity index (χ3n) is 3.11. The van der Waals surface area contributed by atoms with E-state index in [9.17, 15) is 4.79 Å². The Kier molecular flexibility index (Phi) is 4.22. The van der Waals surface area contributed by atoms with Gasteiger partial charge in [0.25, 0.3) is 0 Å². The van der Waals surface area contributed by atoms with Crippen LogP contribution in [0.2, 0.25) is 5.02 Å². The van der Waals surface area contributed by atoms with Crippen LogP contribution in [0.4, 0.5) is 5.82 Å². The first kappa shape index (κ1) is 13.6. The first-order chi connectivity index (χ1) is 9.15. The number of nitrogens with one attached hydrogen (secondary N) is 1. The number of hydrogen-bond donors (Lipinski definition) is 1. The van der Waals surface area contributed by atoms with E-state index in [4.69, 9.17) is 11.6 Å². The van der Waals surface area contributed by atoms with Crippen LogP contribution >= 0.6 is 11.6 Å². The molecule has 0 bridgehead atoms. The van der Waals surface area contributed by atoms with Gasteiger partial charge in [0.2, 0.25) is 5.91 Å². The number of rotatable bonds is 3. The summed E-state index contributed by atoms with van der Waals surface area (Å²) in [7, 11) is 1.64. The molecule has 5 heteroatoms. The summed E-state index contributed by atoms with van der Waals surface area (Å²) >= 11 is 6.22. The van der Waals surface area contributed by atoms with Gasteiger partial charge in [-0.15, -0.1) is 0 Å². The molecule has 4 nitrogen and oxygen atoms in total. The molecule has 19 heavy (non-hydrogen) atoms. The summed E-state index contributed by atoms with van der Waals surface area (Å²) in [5, 5.41) is 3.24. The monoisotopic (exact) mass is 277 g/mol. The molecule has 0 atom stereocenters. The van der Waals surface area contributed by atoms with Gasteiger partial charge in [-0.3, -0.25) is 4.79 Å². The molecule has 1 amide bonds. The Hall–Kier alpha value is -1.81. The van der Waals surface area contributed by atoms with Gasteiger partial charge in [-0.05, 0) is 18.1 Å². The molecule has 2 rings (SSSR count). The van der Waals surface area contributed by atoms with Gasteiger partial charge in [0.15, 0.2) is 0 Å². The third kappa shape index (κ3) is 2.96. The van der Waals surface area contributed by atoms with Crippen molar-refractivity contribution in [1.29, 1.82) is 0 Å². The molecule has 2 heterocycles. The minimum Gasteiger partial charge on any atom is -0.355 e. The Labute approximate surface area is 117 Å². The molecule has 1 aliphatic rings. The summed E-state index contributed by atoms with van der Waals surface area (Å²) in [6, 6.07) is 1.84. The lowest BCUT2D eigenvalue weighted by atomic mass is 10.1. The van der Waals surface area contributed by atoms with Crippen LogP contribution < -0.4 is 10.2 Å². The molecule has 1 aromatic heterocycles. The van der Waals surface area contributed by atoms with Crippen molar-refractivity contribution in [3.8, 4) is 0 Å². The van der Waals surface area contributed by atoms with Gasteiger partial charge in [-0.2, -0.15) is 0 Å². The highest BCUT2D eigenvalue weighted by Gasteiger charge is 2.18. The lowest BCUT2D eigenvalue weighted by molar-refractivity contribution is -0.117. The van der Waals surface area contributed by atoms with E-state index >= 15 is 0 Å². The van der Waals surface area contributed by atoms with Crippen LogP contribution in [-0.2, 0) is 4.79 Å². The Morgan fingerprint density at radius 3 is 2.95 bits per heavy atom. The topological polar surface area (TPSA) is 45.2 Å². The standard InChI is InChI=1S/C14H16ClN3O/c1-3-10-8-12(15)13(17-9-10)18-6-4-11(5-7-18)14(19)16-2/h3-4,8-9H,1,5-7H2,2H3,(H,16,19). The summed E-state index contributed by atoms with van der Waals surface area (Å²) < 4.78 is 0.